The zero-order valence-corrected chi connectivity index (χ0v) is 20.1. The Morgan fingerprint density at radius 1 is 1.00 bits per heavy atom. The summed E-state index contributed by atoms with van der Waals surface area (Å²) in [6.45, 7) is 0.288. The second kappa shape index (κ2) is 10.3. The van der Waals surface area contributed by atoms with Crippen LogP contribution in [0.3, 0.4) is 0 Å². The van der Waals surface area contributed by atoms with Crippen molar-refractivity contribution < 1.29 is 19.4 Å². The quantitative estimate of drug-likeness (QED) is 0.518. The number of hydrogen-bond acceptors (Lipinski definition) is 4. The Labute approximate surface area is 210 Å². The molecular weight excluding hydrogens is 454 g/mol. The zero-order chi connectivity index (χ0) is 25.1. The average molecular weight is 484 g/mol. The van der Waals surface area contributed by atoms with Crippen molar-refractivity contribution in [3.05, 3.63) is 95.6 Å². The Kier molecular flexibility index (Phi) is 6.73. The highest BCUT2D eigenvalue weighted by atomic mass is 16.5. The largest absolute Gasteiger partial charge is 0.497 e. The second-order valence-corrected chi connectivity index (χ2v) is 9.09. The van der Waals surface area contributed by atoms with Crippen LogP contribution < -0.4 is 10.1 Å². The van der Waals surface area contributed by atoms with Gasteiger partial charge in [0.05, 0.1) is 25.8 Å². The first-order valence-corrected chi connectivity index (χ1v) is 12.0. The molecule has 2 N–H and O–H groups in total. The van der Waals surface area contributed by atoms with E-state index in [1.54, 1.807) is 41.2 Å². The molecule has 0 radical (unpaired) electrons. The predicted octanol–water partition coefficient (Wildman–Crippen LogP) is 4.07. The standard InChI is InChI=1S/C29H29N3O4/c1-36-24-15-13-23(14-16-24)30-29(35)31-17-25-28(26(19-33)32(25)27(34)18-31)22-11-9-21(10-12-22)8-7-20-5-3-2-4-6-20/h2-16,25-26,28,33H,17-19H2,1H3,(H,30,35)/b8-7+/t25-,26+,28+/m1/s1. The monoisotopic (exact) mass is 483 g/mol. The molecule has 7 heteroatoms. The van der Waals surface area contributed by atoms with Gasteiger partial charge in [-0.25, -0.2) is 4.79 Å². The average Bonchev–Trinajstić information content (AvgIpc) is 2.90. The maximum Gasteiger partial charge on any atom is 0.322 e. The van der Waals surface area contributed by atoms with Crippen molar-refractivity contribution in [1.82, 2.24) is 9.80 Å². The van der Waals surface area contributed by atoms with Crippen molar-refractivity contribution in [3.8, 4) is 5.75 Å². The lowest BCUT2D eigenvalue weighted by Gasteiger charge is -2.58. The first-order valence-electron chi connectivity index (χ1n) is 12.0. The summed E-state index contributed by atoms with van der Waals surface area (Å²) in [7, 11) is 1.59. The van der Waals surface area contributed by atoms with Gasteiger partial charge in [-0.2, -0.15) is 0 Å². The van der Waals surface area contributed by atoms with Crippen LogP contribution in [0.25, 0.3) is 12.2 Å². The van der Waals surface area contributed by atoms with Gasteiger partial charge in [0.15, 0.2) is 0 Å². The van der Waals surface area contributed by atoms with E-state index in [9.17, 15) is 14.7 Å². The van der Waals surface area contributed by atoms with Gasteiger partial charge in [0, 0.05) is 18.2 Å². The molecule has 184 valence electrons. The van der Waals surface area contributed by atoms with Crippen molar-refractivity contribution in [3.63, 3.8) is 0 Å². The lowest BCUT2D eigenvalue weighted by molar-refractivity contribution is -0.159. The maximum absolute atomic E-state index is 12.9. The number of aliphatic hydroxyl groups excluding tert-OH is 1. The van der Waals surface area contributed by atoms with E-state index in [0.29, 0.717) is 18.0 Å². The van der Waals surface area contributed by atoms with Crippen LogP contribution in [0.1, 0.15) is 22.6 Å². The summed E-state index contributed by atoms with van der Waals surface area (Å²) in [5.41, 5.74) is 3.88. The number of amides is 3. The molecule has 3 aromatic carbocycles. The molecule has 2 aliphatic heterocycles. The van der Waals surface area contributed by atoms with Crippen LogP contribution in [0.15, 0.2) is 78.9 Å². The number of fused-ring (bicyclic) bond motifs is 1. The zero-order valence-electron chi connectivity index (χ0n) is 20.1. The molecule has 2 heterocycles. The molecule has 0 unspecified atom stereocenters. The lowest BCUT2D eigenvalue weighted by atomic mass is 9.73. The predicted molar refractivity (Wildman–Crippen MR) is 140 cm³/mol. The van der Waals surface area contributed by atoms with Crippen LogP contribution in [0.4, 0.5) is 10.5 Å². The normalized spacial score (nSPS) is 21.2. The van der Waals surface area contributed by atoms with Crippen molar-refractivity contribution in [2.24, 2.45) is 0 Å². The van der Waals surface area contributed by atoms with E-state index in [-0.39, 0.29) is 43.1 Å². The SMILES string of the molecule is COc1ccc(NC(=O)N2CC(=O)N3[C@H](C2)[C@H](c2ccc(/C=C/c4ccccc4)cc2)[C@@H]3CO)cc1. The highest BCUT2D eigenvalue weighted by Crippen LogP contribution is 2.43. The van der Waals surface area contributed by atoms with E-state index in [1.165, 1.54) is 0 Å². The summed E-state index contributed by atoms with van der Waals surface area (Å²) in [5, 5.41) is 12.9. The number of nitrogens with one attached hydrogen (secondary N) is 1. The number of nitrogens with zero attached hydrogens (tertiary/aromatic N) is 2. The summed E-state index contributed by atoms with van der Waals surface area (Å²) < 4.78 is 5.16. The van der Waals surface area contributed by atoms with Crippen molar-refractivity contribution in [2.75, 3.05) is 32.1 Å². The van der Waals surface area contributed by atoms with Gasteiger partial charge >= 0.3 is 6.03 Å². The van der Waals surface area contributed by atoms with Crippen LogP contribution in [-0.4, -0.2) is 65.7 Å². The number of rotatable bonds is 6. The van der Waals surface area contributed by atoms with Crippen LogP contribution in [0.5, 0.6) is 5.75 Å². The molecule has 3 amide bonds. The van der Waals surface area contributed by atoms with Gasteiger partial charge in [-0.05, 0) is 41.0 Å². The molecule has 3 aromatic rings. The van der Waals surface area contributed by atoms with Gasteiger partial charge in [0.2, 0.25) is 5.91 Å². The van der Waals surface area contributed by atoms with Gasteiger partial charge in [-0.1, -0.05) is 66.7 Å². The summed E-state index contributed by atoms with van der Waals surface area (Å²) in [6, 6.07) is 24.6. The topological polar surface area (TPSA) is 82.1 Å². The molecule has 0 spiro atoms. The number of piperazine rings is 1. The Balaban J connectivity index is 1.28. The summed E-state index contributed by atoms with van der Waals surface area (Å²) in [5.74, 6) is 0.516. The highest BCUT2D eigenvalue weighted by molar-refractivity contribution is 5.93. The van der Waals surface area contributed by atoms with Crippen LogP contribution in [0.2, 0.25) is 0 Å². The van der Waals surface area contributed by atoms with Crippen LogP contribution >= 0.6 is 0 Å². The minimum absolute atomic E-state index is 0.00900. The van der Waals surface area contributed by atoms with Crippen LogP contribution in [-0.2, 0) is 4.79 Å². The molecule has 0 saturated carbocycles. The molecule has 0 aliphatic carbocycles. The maximum atomic E-state index is 12.9. The second-order valence-electron chi connectivity index (χ2n) is 9.09. The molecule has 2 aliphatic rings. The number of hydrogen-bond donors (Lipinski definition) is 2. The lowest BCUT2D eigenvalue weighted by Crippen LogP contribution is -2.73. The molecule has 3 atom stereocenters. The van der Waals surface area contributed by atoms with E-state index in [2.05, 4.69) is 41.7 Å². The third kappa shape index (κ3) is 4.70. The number of methoxy groups -OCH3 is 1. The fraction of sp³-hybridized carbons (Fsp3) is 0.241. The van der Waals surface area contributed by atoms with Gasteiger partial charge in [-0.15, -0.1) is 0 Å². The molecule has 2 fully saturated rings. The number of carbonyl (C=O) groups excluding carboxylic acids is 2. The minimum Gasteiger partial charge on any atom is -0.497 e. The number of anilines is 1. The third-order valence-corrected chi connectivity index (χ3v) is 6.97. The van der Waals surface area contributed by atoms with E-state index < -0.39 is 0 Å². The number of carbonyl (C=O) groups is 2. The molecule has 2 saturated heterocycles. The Bertz CT molecular complexity index is 1240. The van der Waals surface area contributed by atoms with E-state index in [0.717, 1.165) is 16.7 Å². The van der Waals surface area contributed by atoms with E-state index in [4.69, 9.17) is 4.74 Å². The first-order chi connectivity index (χ1) is 17.6. The van der Waals surface area contributed by atoms with E-state index >= 15 is 0 Å². The molecule has 0 aromatic heterocycles. The first kappa shape index (κ1) is 23.6. The van der Waals surface area contributed by atoms with Crippen LogP contribution in [0, 0.1) is 0 Å². The Morgan fingerprint density at radius 2 is 1.67 bits per heavy atom. The summed E-state index contributed by atoms with van der Waals surface area (Å²) >= 11 is 0. The van der Waals surface area contributed by atoms with Crippen molar-refractivity contribution in [1.29, 1.82) is 0 Å². The highest BCUT2D eigenvalue weighted by Gasteiger charge is 2.54. The van der Waals surface area contributed by atoms with Crippen molar-refractivity contribution in [2.45, 2.75) is 18.0 Å². The fourth-order valence-electron chi connectivity index (χ4n) is 5.12. The number of ether oxygens (including phenoxy) is 1. The third-order valence-electron chi connectivity index (χ3n) is 6.97. The minimum atomic E-state index is -0.319. The molecular formula is C29H29N3O4. The Hall–Kier alpha value is -4.10. The number of aliphatic hydroxyl groups is 1. The van der Waals surface area contributed by atoms with Gasteiger partial charge < -0.3 is 25.0 Å². The van der Waals surface area contributed by atoms with Gasteiger partial charge in [0.1, 0.15) is 12.3 Å². The summed E-state index contributed by atoms with van der Waals surface area (Å²) in [6.07, 6.45) is 4.13. The molecule has 0 bridgehead atoms. The molecule has 7 nitrogen and oxygen atoms in total. The Morgan fingerprint density at radius 3 is 2.31 bits per heavy atom. The fourth-order valence-corrected chi connectivity index (χ4v) is 5.12. The molecule has 36 heavy (non-hydrogen) atoms. The summed E-state index contributed by atoms with van der Waals surface area (Å²) in [4.78, 5) is 29.1. The number of benzene rings is 3. The number of urea groups is 1. The van der Waals surface area contributed by atoms with E-state index in [1.807, 2.05) is 30.3 Å². The smallest absolute Gasteiger partial charge is 0.322 e. The van der Waals surface area contributed by atoms with Crippen molar-refractivity contribution >= 4 is 29.8 Å². The van der Waals surface area contributed by atoms with Gasteiger partial charge in [-0.3, -0.25) is 4.79 Å². The molecule has 5 rings (SSSR count). The van der Waals surface area contributed by atoms with Gasteiger partial charge in [0.25, 0.3) is 0 Å².